The van der Waals surface area contributed by atoms with Crippen LogP contribution >= 0.6 is 0 Å². The fourth-order valence-electron chi connectivity index (χ4n) is 2.97. The van der Waals surface area contributed by atoms with Gasteiger partial charge in [0.2, 0.25) is 10.0 Å². The number of aromatic nitrogens is 1. The molecule has 0 unspecified atom stereocenters. The summed E-state index contributed by atoms with van der Waals surface area (Å²) < 4.78 is 71.8. The van der Waals surface area contributed by atoms with Gasteiger partial charge in [-0.15, -0.1) is 0 Å². The molecule has 0 saturated heterocycles. The van der Waals surface area contributed by atoms with E-state index in [0.29, 0.717) is 17.4 Å². The number of ether oxygens (including phenoxy) is 1. The Kier molecular flexibility index (Phi) is 6.14. The highest BCUT2D eigenvalue weighted by Gasteiger charge is 2.32. The number of benzene rings is 2. The van der Waals surface area contributed by atoms with Gasteiger partial charge in [0.25, 0.3) is 0 Å². The van der Waals surface area contributed by atoms with E-state index in [9.17, 15) is 21.6 Å². The molecule has 1 atom stereocenters. The second-order valence-electron chi connectivity index (χ2n) is 6.57. The van der Waals surface area contributed by atoms with Crippen LogP contribution in [0.15, 0.2) is 71.9 Å². The van der Waals surface area contributed by atoms with Crippen LogP contribution < -0.4 is 9.46 Å². The lowest BCUT2D eigenvalue weighted by Crippen LogP contribution is -2.27. The minimum Gasteiger partial charge on any atom is -0.494 e. The van der Waals surface area contributed by atoms with Gasteiger partial charge in [0.1, 0.15) is 5.75 Å². The van der Waals surface area contributed by atoms with E-state index in [1.165, 1.54) is 7.11 Å². The lowest BCUT2D eigenvalue weighted by molar-refractivity contribution is -0.137. The number of halogens is 3. The molecule has 0 amide bonds. The number of hydrogen-bond donors (Lipinski definition) is 1. The summed E-state index contributed by atoms with van der Waals surface area (Å²) in [4.78, 5) is 3.56. The third kappa shape index (κ3) is 4.80. The summed E-state index contributed by atoms with van der Waals surface area (Å²) >= 11 is 0. The summed E-state index contributed by atoms with van der Waals surface area (Å²) in [7, 11) is -2.64. The molecule has 1 N–H and O–H groups in total. The second kappa shape index (κ2) is 8.45. The number of nitrogens with zero attached hydrogens (tertiary/aromatic N) is 1. The number of pyridine rings is 1. The van der Waals surface area contributed by atoms with E-state index in [4.69, 9.17) is 4.74 Å². The largest absolute Gasteiger partial charge is 0.494 e. The Hall–Kier alpha value is -2.91. The highest BCUT2D eigenvalue weighted by molar-refractivity contribution is 7.89. The van der Waals surface area contributed by atoms with Crippen molar-refractivity contribution in [2.45, 2.75) is 24.0 Å². The molecule has 0 radical (unpaired) electrons. The van der Waals surface area contributed by atoms with Crippen LogP contribution in [0.2, 0.25) is 0 Å². The molecule has 3 rings (SSSR count). The molecule has 158 valence electrons. The Labute approximate surface area is 172 Å². The first-order chi connectivity index (χ1) is 14.1. The summed E-state index contributed by atoms with van der Waals surface area (Å²) in [6, 6.07) is 11.9. The van der Waals surface area contributed by atoms with Gasteiger partial charge in [0, 0.05) is 17.8 Å². The summed E-state index contributed by atoms with van der Waals surface area (Å²) in [5.41, 5.74) is 1.19. The first-order valence-electron chi connectivity index (χ1n) is 8.90. The molecular weight excluding hydrogens is 417 g/mol. The van der Waals surface area contributed by atoms with E-state index in [-0.39, 0.29) is 0 Å². The molecule has 9 heteroatoms. The number of hydrogen-bond acceptors (Lipinski definition) is 4. The molecule has 5 nitrogen and oxygen atoms in total. The maximum absolute atomic E-state index is 12.9. The topological polar surface area (TPSA) is 68.3 Å². The van der Waals surface area contributed by atoms with E-state index in [1.807, 2.05) is 6.07 Å². The van der Waals surface area contributed by atoms with Crippen molar-refractivity contribution in [1.82, 2.24) is 9.71 Å². The van der Waals surface area contributed by atoms with Crippen LogP contribution in [-0.4, -0.2) is 20.5 Å². The van der Waals surface area contributed by atoms with Crippen LogP contribution in [-0.2, 0) is 16.2 Å². The SMILES string of the molecule is COc1cnccc1-c1cccc([C@H](C)NS(=O)(=O)c2cccc(C(F)(F)F)c2)c1. The molecule has 0 saturated carbocycles. The fourth-order valence-corrected chi connectivity index (χ4v) is 4.24. The molecule has 1 heterocycles. The van der Waals surface area contributed by atoms with Gasteiger partial charge in [0.05, 0.1) is 23.8 Å². The molecule has 0 fully saturated rings. The van der Waals surface area contributed by atoms with Crippen LogP contribution in [0.1, 0.15) is 24.1 Å². The molecule has 1 aromatic heterocycles. The van der Waals surface area contributed by atoms with Gasteiger partial charge in [-0.3, -0.25) is 4.98 Å². The maximum atomic E-state index is 12.9. The standard InChI is InChI=1S/C21H19F3N2O3S/c1-14(26-30(27,28)18-8-4-7-17(12-18)21(22,23)24)15-5-3-6-16(11-15)19-9-10-25-13-20(19)29-2/h3-14,26H,1-2H3/t14-/m0/s1. The summed E-state index contributed by atoms with van der Waals surface area (Å²) in [6.07, 6.45) is -1.44. The Balaban J connectivity index is 1.88. The van der Waals surface area contributed by atoms with Crippen LogP contribution in [0.4, 0.5) is 13.2 Å². The first-order valence-corrected chi connectivity index (χ1v) is 10.4. The highest BCUT2D eigenvalue weighted by atomic mass is 32.2. The minimum absolute atomic E-state index is 0.448. The van der Waals surface area contributed by atoms with E-state index in [2.05, 4.69) is 9.71 Å². The smallest absolute Gasteiger partial charge is 0.416 e. The third-order valence-electron chi connectivity index (χ3n) is 4.51. The molecule has 0 aliphatic heterocycles. The van der Waals surface area contributed by atoms with Crippen LogP contribution in [0.25, 0.3) is 11.1 Å². The van der Waals surface area contributed by atoms with Crippen molar-refractivity contribution in [2.24, 2.45) is 0 Å². The number of alkyl halides is 3. The molecule has 0 bridgehead atoms. The van der Waals surface area contributed by atoms with E-state index >= 15 is 0 Å². The van der Waals surface area contributed by atoms with Gasteiger partial charge < -0.3 is 4.74 Å². The fraction of sp³-hybridized carbons (Fsp3) is 0.190. The van der Waals surface area contributed by atoms with E-state index < -0.39 is 32.7 Å². The molecule has 0 spiro atoms. The number of nitrogens with one attached hydrogen (secondary N) is 1. The van der Waals surface area contributed by atoms with E-state index in [0.717, 1.165) is 29.3 Å². The van der Waals surface area contributed by atoms with E-state index in [1.54, 1.807) is 43.6 Å². The number of methoxy groups -OCH3 is 1. The lowest BCUT2D eigenvalue weighted by atomic mass is 10.0. The minimum atomic E-state index is -4.63. The first kappa shape index (κ1) is 21.8. The van der Waals surface area contributed by atoms with Crippen molar-refractivity contribution in [3.63, 3.8) is 0 Å². The zero-order chi connectivity index (χ0) is 21.9. The van der Waals surface area contributed by atoms with Crippen molar-refractivity contribution in [2.75, 3.05) is 7.11 Å². The van der Waals surface area contributed by atoms with Gasteiger partial charge in [-0.25, -0.2) is 13.1 Å². The summed E-state index contributed by atoms with van der Waals surface area (Å²) in [6.45, 7) is 1.62. The average molecular weight is 436 g/mol. The third-order valence-corrected chi connectivity index (χ3v) is 6.04. The molecule has 3 aromatic rings. The summed E-state index contributed by atoms with van der Waals surface area (Å²) in [5.74, 6) is 0.562. The molecular formula is C21H19F3N2O3S. The Bertz CT molecular complexity index is 1150. The number of rotatable bonds is 6. The second-order valence-corrected chi connectivity index (χ2v) is 8.28. The van der Waals surface area contributed by atoms with Gasteiger partial charge in [-0.1, -0.05) is 24.3 Å². The van der Waals surface area contributed by atoms with Crippen LogP contribution in [0.3, 0.4) is 0 Å². The van der Waals surface area contributed by atoms with Gasteiger partial charge in [0.15, 0.2) is 0 Å². The number of sulfonamides is 1. The monoisotopic (exact) mass is 436 g/mol. The van der Waals surface area contributed by atoms with Gasteiger partial charge >= 0.3 is 6.18 Å². The maximum Gasteiger partial charge on any atom is 0.416 e. The van der Waals surface area contributed by atoms with Gasteiger partial charge in [-0.2, -0.15) is 13.2 Å². The molecule has 30 heavy (non-hydrogen) atoms. The molecule has 0 aliphatic rings. The predicted octanol–water partition coefficient (Wildman–Crippen LogP) is 4.82. The van der Waals surface area contributed by atoms with Crippen molar-refractivity contribution in [1.29, 1.82) is 0 Å². The van der Waals surface area contributed by atoms with Crippen LogP contribution in [0, 0.1) is 0 Å². The normalized spacial score (nSPS) is 13.1. The average Bonchev–Trinajstić information content (AvgIpc) is 2.73. The predicted molar refractivity (Wildman–Crippen MR) is 106 cm³/mol. The van der Waals surface area contributed by atoms with Crippen LogP contribution in [0.5, 0.6) is 5.75 Å². The zero-order valence-corrected chi connectivity index (χ0v) is 17.0. The Morgan fingerprint density at radius 2 is 1.80 bits per heavy atom. The van der Waals surface area contributed by atoms with Gasteiger partial charge in [-0.05, 0) is 48.4 Å². The Morgan fingerprint density at radius 1 is 1.07 bits per heavy atom. The highest BCUT2D eigenvalue weighted by Crippen LogP contribution is 2.32. The summed E-state index contributed by atoms with van der Waals surface area (Å²) in [5, 5.41) is 0. The molecule has 0 aliphatic carbocycles. The lowest BCUT2D eigenvalue weighted by Gasteiger charge is -2.17. The van der Waals surface area contributed by atoms with Crippen molar-refractivity contribution < 1.29 is 26.3 Å². The van der Waals surface area contributed by atoms with Crippen molar-refractivity contribution >= 4 is 10.0 Å². The zero-order valence-electron chi connectivity index (χ0n) is 16.1. The quantitative estimate of drug-likeness (QED) is 0.602. The van der Waals surface area contributed by atoms with Crippen molar-refractivity contribution in [3.05, 3.63) is 78.1 Å². The molecule has 2 aromatic carbocycles. The Morgan fingerprint density at radius 3 is 2.50 bits per heavy atom. The van der Waals surface area contributed by atoms with Crippen molar-refractivity contribution in [3.8, 4) is 16.9 Å².